The maximum absolute atomic E-state index is 12.6. The van der Waals surface area contributed by atoms with Gasteiger partial charge in [-0.2, -0.15) is 0 Å². The van der Waals surface area contributed by atoms with Crippen molar-refractivity contribution >= 4 is 32.4 Å². The van der Waals surface area contributed by atoms with E-state index in [4.69, 9.17) is 19.0 Å². The molecule has 1 saturated heterocycles. The van der Waals surface area contributed by atoms with E-state index in [0.717, 1.165) is 76.5 Å². The predicted molar refractivity (Wildman–Crippen MR) is 154 cm³/mol. The molecule has 0 amide bonds. The number of Topliss-reactive ketones (excluding diaryl/α,β-unsaturated/α-hetero) is 1. The maximum atomic E-state index is 12.6. The Morgan fingerprint density at radius 2 is 1.90 bits per heavy atom. The molecule has 10 heteroatoms. The van der Waals surface area contributed by atoms with Gasteiger partial charge in [-0.3, -0.25) is 14.1 Å². The Morgan fingerprint density at radius 1 is 1.10 bits per heavy atom. The number of thiazole rings is 1. The topological polar surface area (TPSA) is 95.0 Å². The van der Waals surface area contributed by atoms with E-state index in [0.29, 0.717) is 18.7 Å². The number of ether oxygens (including phenoxy) is 2. The van der Waals surface area contributed by atoms with Gasteiger partial charge in [-0.1, -0.05) is 61.5 Å². The summed E-state index contributed by atoms with van der Waals surface area (Å²) >= 11 is 1.59. The van der Waals surface area contributed by atoms with Crippen molar-refractivity contribution in [2.75, 3.05) is 39.5 Å². The molecule has 1 aromatic carbocycles. The van der Waals surface area contributed by atoms with Gasteiger partial charge in [0.05, 0.1) is 41.9 Å². The first kappa shape index (κ1) is 26.6. The SMILES string of the molecule is CC(C)(C)c1cc(CC(=O)Cc2ccc(-c3cn4c(n3)sc3cc(OCCN5CCOCC5)cnc34)cc2)no1. The zero-order chi connectivity index (χ0) is 27.7. The normalized spacial score (nSPS) is 14.8. The second kappa shape index (κ2) is 11.1. The summed E-state index contributed by atoms with van der Waals surface area (Å²) in [6.07, 6.45) is 4.40. The molecule has 0 saturated carbocycles. The molecule has 1 fully saturated rings. The van der Waals surface area contributed by atoms with E-state index in [1.807, 2.05) is 47.0 Å². The Bertz CT molecular complexity index is 1620. The second-order valence-electron chi connectivity index (χ2n) is 11.2. The fourth-order valence-corrected chi connectivity index (χ4v) is 5.73. The number of nitrogens with zero attached hydrogens (tertiary/aromatic N) is 5. The third-order valence-electron chi connectivity index (χ3n) is 7.02. The van der Waals surface area contributed by atoms with Crippen molar-refractivity contribution in [1.82, 2.24) is 24.4 Å². The number of ketones is 1. The fourth-order valence-electron chi connectivity index (χ4n) is 4.73. The van der Waals surface area contributed by atoms with Gasteiger partial charge in [0.1, 0.15) is 23.9 Å². The largest absolute Gasteiger partial charge is 0.491 e. The number of carbonyl (C=O) groups excluding carboxylic acids is 1. The number of rotatable bonds is 9. The van der Waals surface area contributed by atoms with Gasteiger partial charge >= 0.3 is 0 Å². The van der Waals surface area contributed by atoms with E-state index in [1.165, 1.54) is 0 Å². The first-order chi connectivity index (χ1) is 19.3. The zero-order valence-corrected chi connectivity index (χ0v) is 23.9. The van der Waals surface area contributed by atoms with Gasteiger partial charge in [-0.15, -0.1) is 0 Å². The first-order valence-electron chi connectivity index (χ1n) is 13.6. The van der Waals surface area contributed by atoms with Crippen molar-refractivity contribution in [3.05, 3.63) is 65.8 Å². The van der Waals surface area contributed by atoms with E-state index in [9.17, 15) is 4.79 Å². The van der Waals surface area contributed by atoms with E-state index in [1.54, 1.807) is 17.5 Å². The summed E-state index contributed by atoms with van der Waals surface area (Å²) in [6.45, 7) is 11.2. The van der Waals surface area contributed by atoms with Gasteiger partial charge in [0.2, 0.25) is 0 Å². The first-order valence-corrected chi connectivity index (χ1v) is 14.4. The third-order valence-corrected chi connectivity index (χ3v) is 8.01. The minimum absolute atomic E-state index is 0.103. The fraction of sp³-hybridized carbons (Fsp3) is 0.400. The smallest absolute Gasteiger partial charge is 0.196 e. The van der Waals surface area contributed by atoms with E-state index in [2.05, 4.69) is 35.8 Å². The molecule has 6 rings (SSSR count). The lowest BCUT2D eigenvalue weighted by Crippen LogP contribution is -2.38. The van der Waals surface area contributed by atoms with Gasteiger partial charge in [0.15, 0.2) is 10.6 Å². The Balaban J connectivity index is 1.08. The summed E-state index contributed by atoms with van der Waals surface area (Å²) in [7, 11) is 0. The van der Waals surface area contributed by atoms with Gasteiger partial charge in [0, 0.05) is 55.4 Å². The molecule has 4 aromatic heterocycles. The van der Waals surface area contributed by atoms with Gasteiger partial charge < -0.3 is 14.0 Å². The van der Waals surface area contributed by atoms with Crippen LogP contribution in [0.25, 0.3) is 26.6 Å². The van der Waals surface area contributed by atoms with Gasteiger partial charge in [0.25, 0.3) is 0 Å². The van der Waals surface area contributed by atoms with Crippen molar-refractivity contribution < 1.29 is 18.8 Å². The summed E-state index contributed by atoms with van der Waals surface area (Å²) in [6, 6.07) is 11.9. The van der Waals surface area contributed by atoms with Crippen LogP contribution in [-0.2, 0) is 27.8 Å². The lowest BCUT2D eigenvalue weighted by molar-refractivity contribution is -0.117. The summed E-state index contributed by atoms with van der Waals surface area (Å²) in [5.41, 5.74) is 4.24. The number of fused-ring (bicyclic) bond motifs is 3. The molecule has 0 spiro atoms. The van der Waals surface area contributed by atoms with Crippen LogP contribution in [0.1, 0.15) is 37.8 Å². The number of hydrogen-bond donors (Lipinski definition) is 0. The number of imidazole rings is 1. The molecule has 40 heavy (non-hydrogen) atoms. The summed E-state index contributed by atoms with van der Waals surface area (Å²) in [4.78, 5) is 25.4. The molecule has 0 N–H and O–H groups in total. The standard InChI is InChI=1S/C30H33N5O4S/c1-30(2,3)27-16-22(33-39-27)15-23(36)14-20-4-6-21(7-5-20)25-19-35-28-26(40-29(35)32-25)17-24(18-31-28)38-13-10-34-8-11-37-12-9-34/h4-7,16-19H,8-15H2,1-3H3. The zero-order valence-electron chi connectivity index (χ0n) is 23.1. The van der Waals surface area contributed by atoms with Crippen LogP contribution in [0.3, 0.4) is 0 Å². The predicted octanol–water partition coefficient (Wildman–Crippen LogP) is 4.96. The Kier molecular flexibility index (Phi) is 7.39. The Hall–Kier alpha value is -3.60. The van der Waals surface area contributed by atoms with Crippen molar-refractivity contribution in [3.8, 4) is 17.0 Å². The Labute approximate surface area is 236 Å². The molecular formula is C30H33N5O4S. The number of carbonyl (C=O) groups is 1. The average Bonchev–Trinajstić information content (AvgIpc) is 3.64. The van der Waals surface area contributed by atoms with Crippen LogP contribution >= 0.6 is 11.3 Å². The highest BCUT2D eigenvalue weighted by Gasteiger charge is 2.20. The lowest BCUT2D eigenvalue weighted by atomic mass is 9.93. The number of benzene rings is 1. The molecular weight excluding hydrogens is 526 g/mol. The van der Waals surface area contributed by atoms with Crippen LogP contribution in [0.4, 0.5) is 0 Å². The maximum Gasteiger partial charge on any atom is 0.196 e. The minimum Gasteiger partial charge on any atom is -0.491 e. The number of morpholine rings is 1. The van der Waals surface area contributed by atoms with Crippen LogP contribution in [0, 0.1) is 0 Å². The van der Waals surface area contributed by atoms with Crippen LogP contribution in [-0.4, -0.2) is 69.7 Å². The van der Waals surface area contributed by atoms with E-state index in [-0.39, 0.29) is 17.6 Å². The highest BCUT2D eigenvalue weighted by molar-refractivity contribution is 7.23. The van der Waals surface area contributed by atoms with Gasteiger partial charge in [-0.25, -0.2) is 9.97 Å². The molecule has 5 heterocycles. The lowest BCUT2D eigenvalue weighted by Gasteiger charge is -2.26. The summed E-state index contributed by atoms with van der Waals surface area (Å²) in [5.74, 6) is 1.66. The van der Waals surface area contributed by atoms with E-state index < -0.39 is 0 Å². The van der Waals surface area contributed by atoms with Crippen molar-refractivity contribution in [3.63, 3.8) is 0 Å². The van der Waals surface area contributed by atoms with Gasteiger partial charge in [-0.05, 0) is 5.56 Å². The number of aromatic nitrogens is 4. The monoisotopic (exact) mass is 559 g/mol. The van der Waals surface area contributed by atoms with Crippen LogP contribution in [0.15, 0.2) is 53.3 Å². The van der Waals surface area contributed by atoms with Crippen LogP contribution in [0.5, 0.6) is 5.75 Å². The van der Waals surface area contributed by atoms with Crippen LogP contribution in [0.2, 0.25) is 0 Å². The molecule has 0 radical (unpaired) electrons. The second-order valence-corrected chi connectivity index (χ2v) is 12.2. The number of pyridine rings is 1. The highest BCUT2D eigenvalue weighted by atomic mass is 32.1. The molecule has 208 valence electrons. The molecule has 1 aliphatic heterocycles. The average molecular weight is 560 g/mol. The van der Waals surface area contributed by atoms with E-state index >= 15 is 0 Å². The molecule has 5 aromatic rings. The molecule has 0 aliphatic carbocycles. The molecule has 0 bridgehead atoms. The molecule has 0 atom stereocenters. The molecule has 1 aliphatic rings. The minimum atomic E-state index is -0.130. The molecule has 9 nitrogen and oxygen atoms in total. The number of hydrogen-bond acceptors (Lipinski definition) is 9. The van der Waals surface area contributed by atoms with Crippen molar-refractivity contribution in [1.29, 1.82) is 0 Å². The third kappa shape index (κ3) is 5.94. The molecule has 0 unspecified atom stereocenters. The quantitative estimate of drug-likeness (QED) is 0.250. The summed E-state index contributed by atoms with van der Waals surface area (Å²) < 4.78 is 19.8. The van der Waals surface area contributed by atoms with Crippen molar-refractivity contribution in [2.45, 2.75) is 39.0 Å². The Morgan fingerprint density at radius 3 is 2.65 bits per heavy atom. The van der Waals surface area contributed by atoms with Crippen LogP contribution < -0.4 is 4.74 Å². The van der Waals surface area contributed by atoms with Crippen molar-refractivity contribution in [2.24, 2.45) is 0 Å². The summed E-state index contributed by atoms with van der Waals surface area (Å²) in [5, 5.41) is 4.07. The highest BCUT2D eigenvalue weighted by Crippen LogP contribution is 2.30.